The topological polar surface area (TPSA) is 75.4 Å². The molecule has 0 saturated carbocycles. The highest BCUT2D eigenvalue weighted by molar-refractivity contribution is 7.98. The zero-order valence-electron chi connectivity index (χ0n) is 8.78. The lowest BCUT2D eigenvalue weighted by atomic mass is 10.4. The second kappa shape index (κ2) is 7.47. The fourth-order valence-electron chi connectivity index (χ4n) is 0.746. The summed E-state index contributed by atoms with van der Waals surface area (Å²) in [5.41, 5.74) is 5.19. The molecule has 15 heavy (non-hydrogen) atoms. The fraction of sp³-hybridized carbons (Fsp3) is 0.625. The molecule has 0 fully saturated rings. The zero-order chi connectivity index (χ0) is 11.8. The first kappa shape index (κ1) is 14.2. The van der Waals surface area contributed by atoms with Crippen LogP contribution in [-0.4, -0.2) is 53.8 Å². The molecule has 0 radical (unpaired) electrons. The van der Waals surface area contributed by atoms with E-state index < -0.39 is 11.8 Å². The van der Waals surface area contributed by atoms with Crippen LogP contribution in [-0.2, 0) is 9.59 Å². The number of carbonyl (C=O) groups excluding carboxylic acids is 2. The average molecular weight is 249 g/mol. The van der Waals surface area contributed by atoms with Crippen LogP contribution < -0.4 is 11.1 Å². The Morgan fingerprint density at radius 3 is 2.60 bits per heavy atom. The minimum absolute atomic E-state index is 0.0519. The van der Waals surface area contributed by atoms with Crippen LogP contribution in [0.1, 0.15) is 0 Å². The number of nitrogens with one attached hydrogen (secondary N) is 1. The third-order valence-electron chi connectivity index (χ3n) is 1.59. The molecule has 86 valence electrons. The van der Waals surface area contributed by atoms with Crippen molar-refractivity contribution in [2.24, 2.45) is 5.73 Å². The first-order chi connectivity index (χ1) is 6.99. The summed E-state index contributed by atoms with van der Waals surface area (Å²) in [5.74, 6) is -0.447. The second-order valence-electron chi connectivity index (χ2n) is 2.87. The number of thioether (sulfide) groups is 1. The predicted octanol–water partition coefficient (Wildman–Crippen LogP) is -0.790. The first-order valence-electron chi connectivity index (χ1n) is 4.29. The van der Waals surface area contributed by atoms with Crippen molar-refractivity contribution in [1.82, 2.24) is 10.2 Å². The van der Waals surface area contributed by atoms with E-state index in [1.807, 2.05) is 6.26 Å². The van der Waals surface area contributed by atoms with Crippen molar-refractivity contribution in [3.63, 3.8) is 0 Å². The third kappa shape index (κ3) is 6.29. The van der Waals surface area contributed by atoms with E-state index in [1.165, 1.54) is 4.90 Å². The molecule has 0 aromatic carbocycles. The van der Waals surface area contributed by atoms with Crippen LogP contribution in [0.2, 0.25) is 0 Å². The molecule has 0 aromatic heterocycles. The lowest BCUT2D eigenvalue weighted by Crippen LogP contribution is -2.44. The minimum Gasteiger partial charge on any atom is -0.392 e. The van der Waals surface area contributed by atoms with Gasteiger partial charge in [0.25, 0.3) is 0 Å². The SMILES string of the molecule is CSCCN(C)C(=O)C(=O)NCC(N)=S. The van der Waals surface area contributed by atoms with Gasteiger partial charge in [0.2, 0.25) is 0 Å². The summed E-state index contributed by atoms with van der Waals surface area (Å²) in [4.78, 5) is 24.1. The van der Waals surface area contributed by atoms with Gasteiger partial charge >= 0.3 is 11.8 Å². The van der Waals surface area contributed by atoms with E-state index in [2.05, 4.69) is 17.5 Å². The van der Waals surface area contributed by atoms with Crippen LogP contribution in [0.4, 0.5) is 0 Å². The molecule has 0 saturated heterocycles. The van der Waals surface area contributed by atoms with Gasteiger partial charge in [-0.25, -0.2) is 0 Å². The summed E-state index contributed by atoms with van der Waals surface area (Å²) in [6.45, 7) is 0.594. The number of carbonyl (C=O) groups is 2. The normalized spacial score (nSPS) is 9.47. The summed E-state index contributed by atoms with van der Waals surface area (Å²) in [6, 6.07) is 0. The third-order valence-corrected chi connectivity index (χ3v) is 2.33. The van der Waals surface area contributed by atoms with Crippen molar-refractivity contribution in [2.45, 2.75) is 0 Å². The van der Waals surface area contributed by atoms with Crippen LogP contribution >= 0.6 is 24.0 Å². The molecule has 0 aliphatic heterocycles. The lowest BCUT2D eigenvalue weighted by Gasteiger charge is -2.15. The molecule has 0 rings (SSSR count). The molecular formula is C8H15N3O2S2. The number of amides is 2. The highest BCUT2D eigenvalue weighted by atomic mass is 32.2. The van der Waals surface area contributed by atoms with Gasteiger partial charge in [0.05, 0.1) is 11.5 Å². The van der Waals surface area contributed by atoms with Gasteiger partial charge in [0, 0.05) is 19.3 Å². The fourth-order valence-corrected chi connectivity index (χ4v) is 1.27. The lowest BCUT2D eigenvalue weighted by molar-refractivity contribution is -0.144. The van der Waals surface area contributed by atoms with Gasteiger partial charge in [-0.2, -0.15) is 11.8 Å². The smallest absolute Gasteiger partial charge is 0.311 e. The summed E-state index contributed by atoms with van der Waals surface area (Å²) in [6.07, 6.45) is 1.94. The van der Waals surface area contributed by atoms with E-state index in [1.54, 1.807) is 18.8 Å². The number of likely N-dealkylation sites (N-methyl/N-ethyl adjacent to an activating group) is 1. The number of rotatable bonds is 5. The Morgan fingerprint density at radius 2 is 2.13 bits per heavy atom. The summed E-state index contributed by atoms with van der Waals surface area (Å²) >= 11 is 6.18. The number of nitrogens with two attached hydrogens (primary N) is 1. The molecule has 0 aliphatic carbocycles. The molecule has 2 amide bonds. The standard InChI is InChI=1S/C8H15N3O2S2/c1-11(3-4-15-2)8(13)7(12)10-5-6(9)14/h3-5H2,1-2H3,(H2,9,14)(H,10,12). The highest BCUT2D eigenvalue weighted by Gasteiger charge is 2.17. The van der Waals surface area contributed by atoms with Gasteiger partial charge in [0.15, 0.2) is 0 Å². The van der Waals surface area contributed by atoms with Crippen molar-refractivity contribution in [3.05, 3.63) is 0 Å². The van der Waals surface area contributed by atoms with E-state index in [9.17, 15) is 9.59 Å². The van der Waals surface area contributed by atoms with Gasteiger partial charge in [-0.3, -0.25) is 9.59 Å². The van der Waals surface area contributed by atoms with Crippen LogP contribution in [0.25, 0.3) is 0 Å². The van der Waals surface area contributed by atoms with Crippen LogP contribution in [0.5, 0.6) is 0 Å². The minimum atomic E-state index is -0.675. The van der Waals surface area contributed by atoms with Crippen LogP contribution in [0, 0.1) is 0 Å². The molecule has 7 heteroatoms. The molecule has 0 aromatic rings. The van der Waals surface area contributed by atoms with Gasteiger partial charge in [0.1, 0.15) is 0 Å². The Morgan fingerprint density at radius 1 is 1.53 bits per heavy atom. The van der Waals surface area contributed by atoms with Gasteiger partial charge in [-0.05, 0) is 6.26 Å². The van der Waals surface area contributed by atoms with Crippen molar-refractivity contribution in [2.75, 3.05) is 32.1 Å². The van der Waals surface area contributed by atoms with Gasteiger partial charge in [-0.15, -0.1) is 0 Å². The molecule has 0 unspecified atom stereocenters. The zero-order valence-corrected chi connectivity index (χ0v) is 10.4. The van der Waals surface area contributed by atoms with Crippen molar-refractivity contribution >= 4 is 40.8 Å². The number of nitrogens with zero attached hydrogens (tertiary/aromatic N) is 1. The monoisotopic (exact) mass is 249 g/mol. The van der Waals surface area contributed by atoms with Crippen LogP contribution in [0.3, 0.4) is 0 Å². The van der Waals surface area contributed by atoms with E-state index in [-0.39, 0.29) is 11.5 Å². The molecule has 0 spiro atoms. The molecule has 0 atom stereocenters. The Hall–Kier alpha value is -0.820. The summed E-state index contributed by atoms with van der Waals surface area (Å²) in [5, 5.41) is 2.34. The predicted molar refractivity (Wildman–Crippen MR) is 65.8 cm³/mol. The Balaban J connectivity index is 3.96. The van der Waals surface area contributed by atoms with Gasteiger partial charge in [-0.1, -0.05) is 12.2 Å². The van der Waals surface area contributed by atoms with E-state index in [0.717, 1.165) is 5.75 Å². The van der Waals surface area contributed by atoms with Gasteiger partial charge < -0.3 is 16.0 Å². The van der Waals surface area contributed by atoms with E-state index >= 15 is 0 Å². The van der Waals surface area contributed by atoms with Crippen molar-refractivity contribution in [1.29, 1.82) is 0 Å². The second-order valence-corrected chi connectivity index (χ2v) is 4.38. The van der Waals surface area contributed by atoms with E-state index in [0.29, 0.717) is 6.54 Å². The molecular weight excluding hydrogens is 234 g/mol. The number of thiocarbonyl (C=S) groups is 1. The maximum Gasteiger partial charge on any atom is 0.311 e. The summed E-state index contributed by atoms with van der Waals surface area (Å²) in [7, 11) is 1.58. The molecule has 0 aliphatic rings. The molecule has 5 nitrogen and oxygen atoms in total. The maximum absolute atomic E-state index is 11.4. The number of hydrogen-bond acceptors (Lipinski definition) is 4. The Labute approximate surface area is 98.7 Å². The molecule has 0 bridgehead atoms. The Bertz CT molecular complexity index is 258. The quantitative estimate of drug-likeness (QED) is 0.493. The van der Waals surface area contributed by atoms with Crippen molar-refractivity contribution < 1.29 is 9.59 Å². The summed E-state index contributed by atoms with van der Waals surface area (Å²) < 4.78 is 0. The maximum atomic E-state index is 11.4. The highest BCUT2D eigenvalue weighted by Crippen LogP contribution is 1.93. The first-order valence-corrected chi connectivity index (χ1v) is 6.09. The molecule has 3 N–H and O–H groups in total. The van der Waals surface area contributed by atoms with E-state index in [4.69, 9.17) is 5.73 Å². The molecule has 0 heterocycles. The number of hydrogen-bond donors (Lipinski definition) is 2. The average Bonchev–Trinajstić information content (AvgIpc) is 2.21. The largest absolute Gasteiger partial charge is 0.392 e. The van der Waals surface area contributed by atoms with Crippen molar-refractivity contribution in [3.8, 4) is 0 Å². The van der Waals surface area contributed by atoms with Crippen LogP contribution in [0.15, 0.2) is 0 Å². The Kier molecular flexibility index (Phi) is 7.06.